The minimum atomic E-state index is -0.246. The molecule has 1 amide bonds. The predicted molar refractivity (Wildman–Crippen MR) is 106 cm³/mol. The zero-order chi connectivity index (χ0) is 19.5. The maximum absolute atomic E-state index is 12.5. The molecule has 1 N–H and O–H groups in total. The molecular formula is C21H26N3O3+. The minimum Gasteiger partial charge on any atom is -0.491 e. The summed E-state index contributed by atoms with van der Waals surface area (Å²) in [5.74, 6) is 0.602. The van der Waals surface area contributed by atoms with E-state index in [0.29, 0.717) is 36.0 Å². The second-order valence-corrected chi connectivity index (χ2v) is 6.14. The number of nitrogens with one attached hydrogen (secondary N) is 1. The van der Waals surface area contributed by atoms with Crippen molar-refractivity contribution in [2.45, 2.75) is 39.5 Å². The minimum absolute atomic E-state index is 0.246. The molecule has 2 rings (SSSR count). The number of rotatable bonds is 10. The maximum atomic E-state index is 12.5. The lowest BCUT2D eigenvalue weighted by Crippen LogP contribution is -2.13. The molecule has 0 heterocycles. The molecule has 27 heavy (non-hydrogen) atoms. The van der Waals surface area contributed by atoms with Gasteiger partial charge in [-0.15, -0.1) is 0 Å². The Morgan fingerprint density at radius 2 is 1.63 bits per heavy atom. The third-order valence-corrected chi connectivity index (χ3v) is 3.96. The largest absolute Gasteiger partial charge is 0.491 e. The van der Waals surface area contributed by atoms with E-state index >= 15 is 0 Å². The third-order valence-electron chi connectivity index (χ3n) is 3.96. The fourth-order valence-corrected chi connectivity index (χ4v) is 2.40. The van der Waals surface area contributed by atoms with Gasteiger partial charge in [0, 0.05) is 11.6 Å². The van der Waals surface area contributed by atoms with Gasteiger partial charge in [-0.25, -0.2) is 0 Å². The molecule has 2 aromatic carbocycles. The third kappa shape index (κ3) is 6.00. The average molecular weight is 368 g/mol. The highest BCUT2D eigenvalue weighted by molar-refractivity contribution is 6.05. The molecule has 0 bridgehead atoms. The number of diazo groups is 1. The highest BCUT2D eigenvalue weighted by atomic mass is 16.5. The van der Waals surface area contributed by atoms with Gasteiger partial charge in [0.1, 0.15) is 0 Å². The Balaban J connectivity index is 2.30. The molecule has 0 saturated heterocycles. The first-order valence-corrected chi connectivity index (χ1v) is 9.34. The van der Waals surface area contributed by atoms with Crippen LogP contribution in [0.3, 0.4) is 0 Å². The van der Waals surface area contributed by atoms with E-state index in [-0.39, 0.29) is 11.6 Å². The molecule has 142 valence electrons. The van der Waals surface area contributed by atoms with Crippen molar-refractivity contribution in [3.8, 4) is 11.5 Å². The number of amides is 1. The van der Waals surface area contributed by atoms with E-state index in [0.717, 1.165) is 25.7 Å². The molecule has 0 aliphatic rings. The number of hydrogen-bond donors (Lipinski definition) is 1. The van der Waals surface area contributed by atoms with Crippen molar-refractivity contribution < 1.29 is 14.3 Å². The summed E-state index contributed by atoms with van der Waals surface area (Å²) in [5, 5.41) is 12.2. The number of carbonyl (C=O) groups is 1. The summed E-state index contributed by atoms with van der Waals surface area (Å²) in [6, 6.07) is 12.2. The van der Waals surface area contributed by atoms with Crippen molar-refractivity contribution in [2.24, 2.45) is 0 Å². The van der Waals surface area contributed by atoms with Crippen LogP contribution in [0.1, 0.15) is 49.9 Å². The number of ether oxygens (including phenoxy) is 2. The zero-order valence-electron chi connectivity index (χ0n) is 15.9. The van der Waals surface area contributed by atoms with E-state index in [4.69, 9.17) is 9.47 Å². The number of benzene rings is 2. The molecule has 0 unspecified atom stereocenters. The van der Waals surface area contributed by atoms with Crippen molar-refractivity contribution in [3.05, 3.63) is 53.0 Å². The smallest absolute Gasteiger partial charge is 0.430 e. The Morgan fingerprint density at radius 3 is 2.22 bits per heavy atom. The van der Waals surface area contributed by atoms with Crippen LogP contribution in [-0.4, -0.2) is 19.1 Å². The normalized spacial score (nSPS) is 10.1. The Labute approximate surface area is 160 Å². The standard InChI is InChI=1S/C21H25N3O3/c1-3-5-12-26-19-15-18(24-22)20(27-13-6-4-2)14-17(19)23-21(25)16-10-8-7-9-11-16/h7-11,14-15H,3-6,12-13H2,1-2H3/p+1. The van der Waals surface area contributed by atoms with Crippen molar-refractivity contribution in [2.75, 3.05) is 18.5 Å². The number of nitrogens with zero attached hydrogens (tertiary/aromatic N) is 2. The average Bonchev–Trinajstić information content (AvgIpc) is 2.70. The lowest BCUT2D eigenvalue weighted by atomic mass is 10.2. The van der Waals surface area contributed by atoms with Crippen molar-refractivity contribution in [3.63, 3.8) is 0 Å². The van der Waals surface area contributed by atoms with Crippen LogP contribution in [-0.2, 0) is 0 Å². The Bertz CT molecular complexity index is 785. The second kappa shape index (κ2) is 10.8. The topological polar surface area (TPSA) is 75.7 Å². The molecule has 0 radical (unpaired) electrons. The molecule has 0 aliphatic carbocycles. The number of unbranched alkanes of at least 4 members (excludes halogenated alkanes) is 2. The van der Waals surface area contributed by atoms with Gasteiger partial charge >= 0.3 is 5.69 Å². The van der Waals surface area contributed by atoms with Crippen molar-refractivity contribution >= 4 is 17.3 Å². The fourth-order valence-electron chi connectivity index (χ4n) is 2.40. The van der Waals surface area contributed by atoms with E-state index < -0.39 is 0 Å². The van der Waals surface area contributed by atoms with Crippen LogP contribution >= 0.6 is 0 Å². The van der Waals surface area contributed by atoms with Gasteiger partial charge < -0.3 is 14.8 Å². The number of anilines is 1. The van der Waals surface area contributed by atoms with E-state index in [9.17, 15) is 10.2 Å². The van der Waals surface area contributed by atoms with Crippen LogP contribution in [0.5, 0.6) is 11.5 Å². The molecule has 0 fully saturated rings. The molecule has 0 aliphatic heterocycles. The lowest BCUT2D eigenvalue weighted by Gasteiger charge is -2.13. The van der Waals surface area contributed by atoms with E-state index in [1.807, 2.05) is 6.07 Å². The van der Waals surface area contributed by atoms with Gasteiger partial charge in [-0.1, -0.05) is 44.9 Å². The Kier molecular flexibility index (Phi) is 8.11. The first kappa shape index (κ1) is 20.2. The molecule has 0 spiro atoms. The summed E-state index contributed by atoms with van der Waals surface area (Å²) < 4.78 is 11.5. The highest BCUT2D eigenvalue weighted by Crippen LogP contribution is 2.39. The summed E-state index contributed by atoms with van der Waals surface area (Å²) in [6.45, 7) is 5.14. The van der Waals surface area contributed by atoms with Crippen LogP contribution < -0.4 is 14.8 Å². The van der Waals surface area contributed by atoms with E-state index in [2.05, 4.69) is 24.1 Å². The van der Waals surface area contributed by atoms with Gasteiger partial charge in [-0.05, 0) is 25.0 Å². The van der Waals surface area contributed by atoms with Crippen molar-refractivity contribution in [1.82, 2.24) is 0 Å². The van der Waals surface area contributed by atoms with Gasteiger partial charge in [-0.2, -0.15) is 0 Å². The van der Waals surface area contributed by atoms with Crippen LogP contribution in [0.2, 0.25) is 0 Å². The van der Waals surface area contributed by atoms with Gasteiger partial charge in [0.2, 0.25) is 11.1 Å². The van der Waals surface area contributed by atoms with Gasteiger partial charge in [0.25, 0.3) is 5.91 Å². The van der Waals surface area contributed by atoms with Crippen LogP contribution in [0.25, 0.3) is 4.98 Å². The van der Waals surface area contributed by atoms with Crippen LogP contribution in [0.15, 0.2) is 42.5 Å². The summed E-state index contributed by atoms with van der Waals surface area (Å²) >= 11 is 0. The quantitative estimate of drug-likeness (QED) is 0.426. The highest BCUT2D eigenvalue weighted by Gasteiger charge is 2.22. The van der Waals surface area contributed by atoms with E-state index in [1.165, 1.54) is 0 Å². The molecule has 0 aromatic heterocycles. The molecule has 0 saturated carbocycles. The molecule has 6 heteroatoms. The van der Waals surface area contributed by atoms with Crippen LogP contribution in [0.4, 0.5) is 11.4 Å². The Morgan fingerprint density at radius 1 is 1.00 bits per heavy atom. The van der Waals surface area contributed by atoms with E-state index in [1.54, 1.807) is 36.4 Å². The molecule has 6 nitrogen and oxygen atoms in total. The maximum Gasteiger partial charge on any atom is 0.430 e. The Hall–Kier alpha value is -3.07. The van der Waals surface area contributed by atoms with Gasteiger partial charge in [0.15, 0.2) is 10.7 Å². The van der Waals surface area contributed by atoms with Crippen molar-refractivity contribution in [1.29, 1.82) is 5.39 Å². The summed E-state index contributed by atoms with van der Waals surface area (Å²) in [7, 11) is 0. The molecular weight excluding hydrogens is 342 g/mol. The number of hydrogen-bond acceptors (Lipinski definition) is 4. The second-order valence-electron chi connectivity index (χ2n) is 6.14. The summed E-state index contributed by atoms with van der Waals surface area (Å²) in [4.78, 5) is 15.8. The lowest BCUT2D eigenvalue weighted by molar-refractivity contribution is 0.102. The summed E-state index contributed by atoms with van der Waals surface area (Å²) in [6.07, 6.45) is 3.74. The monoisotopic (exact) mass is 368 g/mol. The fraction of sp³-hybridized carbons (Fsp3) is 0.381. The van der Waals surface area contributed by atoms with Gasteiger partial charge in [-0.3, -0.25) is 4.79 Å². The van der Waals surface area contributed by atoms with Gasteiger partial charge in [0.05, 0.1) is 25.0 Å². The SMILES string of the molecule is CCCCOc1cc(NC(=O)c2ccccc2)c(OCCCC)cc1[N+]#N. The number of carbonyl (C=O) groups excluding carboxylic acids is 1. The molecule has 2 aromatic rings. The zero-order valence-corrected chi connectivity index (χ0v) is 15.9. The van der Waals surface area contributed by atoms with Crippen LogP contribution in [0, 0.1) is 5.39 Å². The summed E-state index contributed by atoms with van der Waals surface area (Å²) in [5.41, 5.74) is 1.30. The molecule has 0 atom stereocenters. The first-order valence-electron chi connectivity index (χ1n) is 9.34. The first-order chi connectivity index (χ1) is 13.2. The predicted octanol–water partition coefficient (Wildman–Crippen LogP) is 5.78.